The monoisotopic (exact) mass is 466 g/mol. The van der Waals surface area contributed by atoms with Gasteiger partial charge in [0.05, 0.1) is 0 Å². The molecule has 2 aliphatic rings. The Labute approximate surface area is 176 Å². The predicted molar refractivity (Wildman–Crippen MR) is 96.2 cm³/mol. The highest BCUT2D eigenvalue weighted by atomic mass is 19.4. The Morgan fingerprint density at radius 2 is 1.06 bits per heavy atom. The maximum atomic E-state index is 13.3. The SMILES string of the molecule is CC1=NN(C(=O)c2ccc(C(=O)N3N=C(C)C[C@@]3(O)C(F)(F)F)cc2)[C@@](O)(C(F)(F)F)C1. The lowest BCUT2D eigenvalue weighted by Gasteiger charge is -2.33. The van der Waals surface area contributed by atoms with Crippen LogP contribution in [0.15, 0.2) is 34.5 Å². The number of hydrogen-bond acceptors (Lipinski definition) is 6. The molecule has 2 N–H and O–H groups in total. The van der Waals surface area contributed by atoms with Crippen molar-refractivity contribution in [3.63, 3.8) is 0 Å². The number of carbonyl (C=O) groups excluding carboxylic acids is 2. The summed E-state index contributed by atoms with van der Waals surface area (Å²) in [6.07, 6.45) is -12.3. The van der Waals surface area contributed by atoms with Crippen LogP contribution in [0.5, 0.6) is 0 Å². The van der Waals surface area contributed by atoms with Crippen LogP contribution >= 0.6 is 0 Å². The summed E-state index contributed by atoms with van der Waals surface area (Å²) in [6, 6.07) is 3.53. The van der Waals surface area contributed by atoms with Crippen LogP contribution in [0, 0.1) is 0 Å². The summed E-state index contributed by atoms with van der Waals surface area (Å²) >= 11 is 0. The molecule has 0 aromatic heterocycles. The van der Waals surface area contributed by atoms with Crippen LogP contribution < -0.4 is 0 Å². The molecule has 0 spiro atoms. The number of rotatable bonds is 2. The minimum Gasteiger partial charge on any atom is -0.362 e. The van der Waals surface area contributed by atoms with Gasteiger partial charge in [-0.2, -0.15) is 46.6 Å². The van der Waals surface area contributed by atoms with E-state index in [0.717, 1.165) is 24.3 Å². The number of aliphatic hydroxyl groups is 2. The molecule has 32 heavy (non-hydrogen) atoms. The van der Waals surface area contributed by atoms with Gasteiger partial charge in [-0.1, -0.05) is 0 Å². The highest BCUT2D eigenvalue weighted by Gasteiger charge is 2.63. The van der Waals surface area contributed by atoms with Gasteiger partial charge in [-0.25, -0.2) is 0 Å². The molecule has 2 amide bonds. The van der Waals surface area contributed by atoms with E-state index in [2.05, 4.69) is 10.2 Å². The van der Waals surface area contributed by atoms with Gasteiger partial charge >= 0.3 is 12.4 Å². The molecule has 2 aliphatic heterocycles. The van der Waals surface area contributed by atoms with Gasteiger partial charge in [-0.3, -0.25) is 9.59 Å². The van der Waals surface area contributed by atoms with Crippen molar-refractivity contribution in [1.82, 2.24) is 10.0 Å². The molecule has 174 valence electrons. The predicted octanol–water partition coefficient (Wildman–Crippen LogP) is 2.63. The second-order valence-electron chi connectivity index (χ2n) is 7.46. The lowest BCUT2D eigenvalue weighted by atomic mass is 10.0. The smallest absolute Gasteiger partial charge is 0.362 e. The second kappa shape index (κ2) is 7.27. The number of hydrogen-bond donors (Lipinski definition) is 2. The van der Waals surface area contributed by atoms with Crippen LogP contribution in [-0.4, -0.2) is 67.3 Å². The summed E-state index contributed by atoms with van der Waals surface area (Å²) in [5, 5.41) is 26.6. The summed E-state index contributed by atoms with van der Waals surface area (Å²) < 4.78 is 79.8. The maximum absolute atomic E-state index is 13.3. The number of nitrogens with zero attached hydrogens (tertiary/aromatic N) is 4. The first-order valence-electron chi connectivity index (χ1n) is 8.97. The molecule has 0 saturated heterocycles. The minimum atomic E-state index is -5.21. The Morgan fingerprint density at radius 1 is 0.781 bits per heavy atom. The fraction of sp³-hybridized carbons (Fsp3) is 0.444. The number of benzene rings is 1. The molecule has 0 aliphatic carbocycles. The average Bonchev–Trinajstić information content (AvgIpc) is 3.16. The van der Waals surface area contributed by atoms with Gasteiger partial charge in [0, 0.05) is 35.4 Å². The average molecular weight is 466 g/mol. The van der Waals surface area contributed by atoms with Crippen LogP contribution in [0.25, 0.3) is 0 Å². The third-order valence-corrected chi connectivity index (χ3v) is 4.92. The van der Waals surface area contributed by atoms with E-state index in [1.807, 2.05) is 0 Å². The van der Waals surface area contributed by atoms with Crippen molar-refractivity contribution >= 4 is 23.2 Å². The minimum absolute atomic E-state index is 0.129. The van der Waals surface area contributed by atoms with Crippen molar-refractivity contribution in [1.29, 1.82) is 0 Å². The Kier molecular flexibility index (Phi) is 5.37. The Balaban J connectivity index is 1.88. The molecular formula is C18H16F6N4O4. The van der Waals surface area contributed by atoms with Crippen molar-refractivity contribution in [2.75, 3.05) is 0 Å². The molecule has 3 rings (SSSR count). The highest BCUT2D eigenvalue weighted by Crippen LogP contribution is 2.42. The molecule has 0 unspecified atom stereocenters. The third-order valence-electron chi connectivity index (χ3n) is 4.92. The molecular weight excluding hydrogens is 450 g/mol. The molecule has 2 atom stereocenters. The quantitative estimate of drug-likeness (QED) is 0.654. The zero-order chi connectivity index (χ0) is 24.3. The van der Waals surface area contributed by atoms with Gasteiger partial charge in [-0.15, -0.1) is 0 Å². The molecule has 1 aromatic carbocycles. The zero-order valence-corrected chi connectivity index (χ0v) is 16.5. The molecule has 8 nitrogen and oxygen atoms in total. The number of halogens is 6. The van der Waals surface area contributed by atoms with E-state index >= 15 is 0 Å². The number of alkyl halides is 6. The Bertz CT molecular complexity index is 939. The van der Waals surface area contributed by atoms with Gasteiger partial charge < -0.3 is 10.2 Å². The molecule has 2 heterocycles. The van der Waals surface area contributed by atoms with Crippen molar-refractivity contribution in [2.45, 2.75) is 50.5 Å². The van der Waals surface area contributed by atoms with Gasteiger partial charge in [0.25, 0.3) is 23.3 Å². The van der Waals surface area contributed by atoms with Crippen molar-refractivity contribution in [2.24, 2.45) is 10.2 Å². The summed E-state index contributed by atoms with van der Waals surface area (Å²) in [6.45, 7) is 2.37. The van der Waals surface area contributed by atoms with Crippen molar-refractivity contribution in [3.05, 3.63) is 35.4 Å². The standard InChI is InChI=1S/C18H16F6N4O4/c1-9-7-15(31,17(19,20)21)27(25-9)13(29)11-3-5-12(6-4-11)14(30)28-16(32,18(22,23)24)8-10(2)26-28/h3-6,31-32H,7-8H2,1-2H3/t15-,16+. The maximum Gasteiger partial charge on any atom is 0.438 e. The molecule has 0 radical (unpaired) electrons. The fourth-order valence-corrected chi connectivity index (χ4v) is 3.31. The van der Waals surface area contributed by atoms with Crippen LogP contribution in [0.1, 0.15) is 47.4 Å². The van der Waals surface area contributed by atoms with Gasteiger partial charge in [-0.05, 0) is 38.1 Å². The summed E-state index contributed by atoms with van der Waals surface area (Å²) in [4.78, 5) is 25.0. The van der Waals surface area contributed by atoms with Crippen molar-refractivity contribution < 1.29 is 46.1 Å². The van der Waals surface area contributed by atoms with Crippen LogP contribution in [-0.2, 0) is 0 Å². The highest BCUT2D eigenvalue weighted by molar-refractivity contribution is 6.01. The number of amides is 2. The van der Waals surface area contributed by atoms with Gasteiger partial charge in [0.2, 0.25) is 0 Å². The van der Waals surface area contributed by atoms with Gasteiger partial charge in [0.15, 0.2) is 0 Å². The first-order chi connectivity index (χ1) is 14.5. The molecule has 0 saturated carbocycles. The number of carbonyl (C=O) groups is 2. The molecule has 0 bridgehead atoms. The lowest BCUT2D eigenvalue weighted by molar-refractivity contribution is -0.297. The summed E-state index contributed by atoms with van der Waals surface area (Å²) in [5.41, 5.74) is -8.27. The molecule has 0 fully saturated rings. The van der Waals surface area contributed by atoms with E-state index in [1.165, 1.54) is 13.8 Å². The van der Waals surface area contributed by atoms with Crippen LogP contribution in [0.4, 0.5) is 26.3 Å². The first-order valence-corrected chi connectivity index (χ1v) is 8.97. The van der Waals surface area contributed by atoms with E-state index in [4.69, 9.17) is 0 Å². The fourth-order valence-electron chi connectivity index (χ4n) is 3.31. The Hall–Kier alpha value is -3.00. The van der Waals surface area contributed by atoms with E-state index in [0.29, 0.717) is 0 Å². The van der Waals surface area contributed by atoms with Crippen LogP contribution in [0.3, 0.4) is 0 Å². The van der Waals surface area contributed by atoms with Crippen LogP contribution in [0.2, 0.25) is 0 Å². The first kappa shape index (κ1) is 23.7. The summed E-state index contributed by atoms with van der Waals surface area (Å²) in [5.74, 6) is -2.69. The van der Waals surface area contributed by atoms with E-state index in [-0.39, 0.29) is 21.4 Å². The zero-order valence-electron chi connectivity index (χ0n) is 16.5. The largest absolute Gasteiger partial charge is 0.438 e. The lowest BCUT2D eigenvalue weighted by Crippen LogP contribution is -2.56. The second-order valence-corrected chi connectivity index (χ2v) is 7.46. The number of hydrazone groups is 2. The van der Waals surface area contributed by atoms with Crippen molar-refractivity contribution in [3.8, 4) is 0 Å². The topological polar surface area (TPSA) is 106 Å². The molecule has 1 aromatic rings. The van der Waals surface area contributed by atoms with Gasteiger partial charge in [0.1, 0.15) is 0 Å². The third kappa shape index (κ3) is 3.62. The van der Waals surface area contributed by atoms with E-state index in [1.54, 1.807) is 0 Å². The molecule has 14 heteroatoms. The van der Waals surface area contributed by atoms with E-state index < -0.39 is 59.6 Å². The summed E-state index contributed by atoms with van der Waals surface area (Å²) in [7, 11) is 0. The Morgan fingerprint density at radius 3 is 1.31 bits per heavy atom. The normalized spacial score (nSPS) is 26.3. The van der Waals surface area contributed by atoms with E-state index in [9.17, 15) is 46.1 Å².